The molecular weight excluding hydrogens is 353 g/mol. The first-order chi connectivity index (χ1) is 10.8. The van der Waals surface area contributed by atoms with Crippen molar-refractivity contribution < 1.29 is 8.42 Å². The Bertz CT molecular complexity index is 527. The van der Waals surface area contributed by atoms with Crippen LogP contribution in [-0.4, -0.2) is 55.7 Å². The Hall–Kier alpha value is 0.490. The molecule has 6 heteroatoms. The number of halogens is 2. The van der Waals surface area contributed by atoms with Gasteiger partial charge in [0.25, 0.3) is 0 Å². The average Bonchev–Trinajstić information content (AvgIpc) is 2.47. The number of nitrogens with zero attached hydrogens (tertiary/aromatic N) is 1. The summed E-state index contributed by atoms with van der Waals surface area (Å²) in [6, 6.07) is 0. The van der Waals surface area contributed by atoms with Crippen molar-refractivity contribution in [3.8, 4) is 0 Å². The summed E-state index contributed by atoms with van der Waals surface area (Å²) in [5.74, 6) is 2.12. The monoisotopic (exact) mass is 381 g/mol. The molecule has 0 aromatic rings. The maximum absolute atomic E-state index is 12.0. The highest BCUT2D eigenvalue weighted by Gasteiger charge is 2.47. The summed E-state index contributed by atoms with van der Waals surface area (Å²) in [5.41, 5.74) is 0. The van der Waals surface area contributed by atoms with Crippen LogP contribution in [0.5, 0.6) is 0 Å². The van der Waals surface area contributed by atoms with E-state index in [-0.39, 0.29) is 16.0 Å². The zero-order valence-electron chi connectivity index (χ0n) is 14.1. The molecular formula is C17H29Cl2NO2S. The summed E-state index contributed by atoms with van der Waals surface area (Å²) in [7, 11) is -0.750. The molecule has 3 nitrogen and oxygen atoms in total. The average molecular weight is 382 g/mol. The molecule has 0 N–H and O–H groups in total. The summed E-state index contributed by atoms with van der Waals surface area (Å²) in [6.07, 6.45) is 7.22. The standard InChI is InChI=1S/C17H29Cl2NO2S/c1-20-9-15(11-4-3-5-13(6-11)23(2,21)22)14-7-12(18)8-17(19)16(14)10-20/h11-17H,3-10H2,1-2H3/t11-,12?,13?,14?,15?,16?,17?/m1/s1. The Labute approximate surface area is 151 Å². The van der Waals surface area contributed by atoms with Gasteiger partial charge in [0.05, 0.1) is 5.25 Å². The van der Waals surface area contributed by atoms with E-state index < -0.39 is 9.84 Å². The first kappa shape index (κ1) is 18.3. The van der Waals surface area contributed by atoms with Crippen LogP contribution in [0, 0.1) is 23.7 Å². The molecule has 0 radical (unpaired) electrons. The second-order valence-electron chi connectivity index (χ2n) is 8.18. The quantitative estimate of drug-likeness (QED) is 0.687. The van der Waals surface area contributed by atoms with Crippen LogP contribution in [-0.2, 0) is 9.84 Å². The molecule has 0 bridgehead atoms. The Kier molecular flexibility index (Phi) is 5.57. The van der Waals surface area contributed by atoms with Gasteiger partial charge in [-0.15, -0.1) is 23.2 Å². The van der Waals surface area contributed by atoms with Gasteiger partial charge in [0.1, 0.15) is 9.84 Å². The lowest BCUT2D eigenvalue weighted by atomic mass is 9.63. The van der Waals surface area contributed by atoms with Gasteiger partial charge in [-0.05, 0) is 56.4 Å². The number of sulfone groups is 1. The fraction of sp³-hybridized carbons (Fsp3) is 1.00. The molecule has 2 saturated carbocycles. The number of rotatable bonds is 2. The SMILES string of the molecule is CN1CC2C(Cl)CC(Cl)CC2C([C@@H]2CCCC(S(C)(=O)=O)C2)C1. The van der Waals surface area contributed by atoms with Crippen LogP contribution in [0.3, 0.4) is 0 Å². The van der Waals surface area contributed by atoms with E-state index in [1.807, 2.05) is 0 Å². The molecule has 3 rings (SSSR count). The minimum Gasteiger partial charge on any atom is -0.306 e. The highest BCUT2D eigenvalue weighted by Crippen LogP contribution is 2.48. The fourth-order valence-corrected chi connectivity index (χ4v) is 7.55. The first-order valence-corrected chi connectivity index (χ1v) is 11.7. The van der Waals surface area contributed by atoms with Crippen molar-refractivity contribution in [3.63, 3.8) is 0 Å². The second-order valence-corrected chi connectivity index (χ2v) is 11.7. The van der Waals surface area contributed by atoms with Crippen LogP contribution in [0.2, 0.25) is 0 Å². The van der Waals surface area contributed by atoms with Gasteiger partial charge in [-0.1, -0.05) is 12.8 Å². The number of hydrogen-bond acceptors (Lipinski definition) is 3. The Morgan fingerprint density at radius 1 is 0.957 bits per heavy atom. The third-order valence-corrected chi connectivity index (χ3v) is 8.99. The molecule has 0 aromatic heterocycles. The van der Waals surface area contributed by atoms with Crippen LogP contribution in [0.4, 0.5) is 0 Å². The molecule has 6 unspecified atom stereocenters. The van der Waals surface area contributed by atoms with Crippen LogP contribution < -0.4 is 0 Å². The van der Waals surface area contributed by atoms with E-state index in [1.165, 1.54) is 6.26 Å². The Morgan fingerprint density at radius 3 is 2.35 bits per heavy atom. The molecule has 0 spiro atoms. The van der Waals surface area contributed by atoms with Gasteiger partial charge >= 0.3 is 0 Å². The third-order valence-electron chi connectivity index (χ3n) is 6.50. The largest absolute Gasteiger partial charge is 0.306 e. The van der Waals surface area contributed by atoms with E-state index in [0.29, 0.717) is 23.7 Å². The summed E-state index contributed by atoms with van der Waals surface area (Å²) in [4.78, 5) is 2.40. The van der Waals surface area contributed by atoms with Gasteiger partial charge in [0.15, 0.2) is 0 Å². The highest BCUT2D eigenvalue weighted by atomic mass is 35.5. The molecule has 1 saturated heterocycles. The van der Waals surface area contributed by atoms with Crippen molar-refractivity contribution in [2.45, 2.75) is 54.5 Å². The molecule has 0 aromatic carbocycles. The van der Waals surface area contributed by atoms with Crippen LogP contribution in [0.15, 0.2) is 0 Å². The van der Waals surface area contributed by atoms with Gasteiger partial charge in [0.2, 0.25) is 0 Å². The van der Waals surface area contributed by atoms with E-state index in [9.17, 15) is 8.42 Å². The summed E-state index contributed by atoms with van der Waals surface area (Å²) < 4.78 is 24.0. The Balaban J connectivity index is 1.79. The van der Waals surface area contributed by atoms with Crippen LogP contribution >= 0.6 is 23.2 Å². The number of alkyl halides is 2. The van der Waals surface area contributed by atoms with Crippen LogP contribution in [0.25, 0.3) is 0 Å². The number of likely N-dealkylation sites (tertiary alicyclic amines) is 1. The van der Waals surface area contributed by atoms with E-state index in [0.717, 1.165) is 51.6 Å². The van der Waals surface area contributed by atoms with Gasteiger partial charge in [0, 0.05) is 30.1 Å². The van der Waals surface area contributed by atoms with Gasteiger partial charge in [-0.25, -0.2) is 8.42 Å². The maximum atomic E-state index is 12.0. The number of hydrogen-bond donors (Lipinski definition) is 0. The predicted octanol–water partition coefficient (Wildman–Crippen LogP) is 3.39. The zero-order valence-corrected chi connectivity index (χ0v) is 16.5. The van der Waals surface area contributed by atoms with Crippen molar-refractivity contribution in [1.82, 2.24) is 4.90 Å². The molecule has 134 valence electrons. The molecule has 1 heterocycles. The minimum atomic E-state index is -2.93. The molecule has 3 aliphatic rings. The smallest absolute Gasteiger partial charge is 0.150 e. The number of piperidine rings is 1. The lowest BCUT2D eigenvalue weighted by Gasteiger charge is -2.51. The minimum absolute atomic E-state index is 0.144. The molecule has 1 aliphatic heterocycles. The van der Waals surface area contributed by atoms with E-state index >= 15 is 0 Å². The van der Waals surface area contributed by atoms with Gasteiger partial charge in [-0.2, -0.15) is 0 Å². The number of fused-ring (bicyclic) bond motifs is 1. The van der Waals surface area contributed by atoms with Crippen molar-refractivity contribution in [3.05, 3.63) is 0 Å². The lowest BCUT2D eigenvalue weighted by molar-refractivity contribution is 0.0110. The van der Waals surface area contributed by atoms with Crippen molar-refractivity contribution in [2.24, 2.45) is 23.7 Å². The summed E-state index contributed by atoms with van der Waals surface area (Å²) in [6.45, 7) is 2.12. The lowest BCUT2D eigenvalue weighted by Crippen LogP contribution is -2.53. The predicted molar refractivity (Wildman–Crippen MR) is 97.1 cm³/mol. The second kappa shape index (κ2) is 7.01. The zero-order chi connectivity index (χ0) is 16.8. The van der Waals surface area contributed by atoms with E-state index in [2.05, 4.69) is 11.9 Å². The molecule has 0 amide bonds. The van der Waals surface area contributed by atoms with Gasteiger partial charge in [-0.3, -0.25) is 0 Å². The van der Waals surface area contributed by atoms with Crippen molar-refractivity contribution >= 4 is 33.0 Å². The summed E-state index contributed by atoms with van der Waals surface area (Å²) in [5, 5.41) is 0.198. The van der Waals surface area contributed by atoms with Gasteiger partial charge < -0.3 is 4.90 Å². The van der Waals surface area contributed by atoms with E-state index in [4.69, 9.17) is 23.2 Å². The molecule has 23 heavy (non-hydrogen) atoms. The molecule has 7 atom stereocenters. The molecule has 2 aliphatic carbocycles. The van der Waals surface area contributed by atoms with Crippen molar-refractivity contribution in [2.75, 3.05) is 26.4 Å². The first-order valence-electron chi connectivity index (χ1n) is 8.91. The third kappa shape index (κ3) is 4.02. The fourth-order valence-electron chi connectivity index (χ4n) is 5.38. The topological polar surface area (TPSA) is 37.4 Å². The Morgan fingerprint density at radius 2 is 1.65 bits per heavy atom. The highest BCUT2D eigenvalue weighted by molar-refractivity contribution is 7.91. The van der Waals surface area contributed by atoms with E-state index in [1.54, 1.807) is 0 Å². The normalized spacial score (nSPS) is 46.3. The van der Waals surface area contributed by atoms with Crippen molar-refractivity contribution in [1.29, 1.82) is 0 Å². The van der Waals surface area contributed by atoms with Crippen LogP contribution in [0.1, 0.15) is 38.5 Å². The molecule has 3 fully saturated rings. The summed E-state index contributed by atoms with van der Waals surface area (Å²) >= 11 is 13.1. The maximum Gasteiger partial charge on any atom is 0.150 e.